The summed E-state index contributed by atoms with van der Waals surface area (Å²) in [7, 11) is 3.70. The fraction of sp³-hybridized carbons (Fsp3) is 0.533. The van der Waals surface area contributed by atoms with E-state index in [1.807, 2.05) is 32.3 Å². The maximum absolute atomic E-state index is 12.5. The highest BCUT2D eigenvalue weighted by atomic mass is 16.2. The normalized spacial score (nSPS) is 23.7. The first-order valence-electron chi connectivity index (χ1n) is 6.60. The van der Waals surface area contributed by atoms with E-state index in [0.29, 0.717) is 0 Å². The summed E-state index contributed by atoms with van der Waals surface area (Å²) in [6.45, 7) is 1.82. The molecule has 1 aliphatic heterocycles. The van der Waals surface area contributed by atoms with Crippen molar-refractivity contribution in [3.63, 3.8) is 0 Å². The summed E-state index contributed by atoms with van der Waals surface area (Å²) in [6.07, 6.45) is 2.89. The van der Waals surface area contributed by atoms with Crippen molar-refractivity contribution in [2.75, 3.05) is 27.2 Å². The van der Waals surface area contributed by atoms with Crippen molar-refractivity contribution in [1.82, 2.24) is 10.2 Å². The van der Waals surface area contributed by atoms with Crippen molar-refractivity contribution in [3.8, 4) is 0 Å². The topological polar surface area (TPSA) is 32.3 Å². The minimum Gasteiger partial charge on any atom is -0.348 e. The van der Waals surface area contributed by atoms with Crippen LogP contribution in [0.25, 0.3) is 0 Å². The SMILES string of the molecule is CN(C)C(=O)C1(Cc2ccccc2)CCCNC1. The molecule has 98 valence electrons. The van der Waals surface area contributed by atoms with Crippen molar-refractivity contribution in [1.29, 1.82) is 0 Å². The second-order valence-electron chi connectivity index (χ2n) is 5.42. The largest absolute Gasteiger partial charge is 0.348 e. The van der Waals surface area contributed by atoms with Gasteiger partial charge >= 0.3 is 0 Å². The van der Waals surface area contributed by atoms with Crippen molar-refractivity contribution in [2.45, 2.75) is 19.3 Å². The molecule has 1 aliphatic rings. The molecule has 1 fully saturated rings. The second-order valence-corrected chi connectivity index (χ2v) is 5.42. The lowest BCUT2D eigenvalue weighted by Gasteiger charge is -2.38. The van der Waals surface area contributed by atoms with Gasteiger partial charge in [0.25, 0.3) is 0 Å². The summed E-state index contributed by atoms with van der Waals surface area (Å²) in [4.78, 5) is 14.2. The molecular weight excluding hydrogens is 224 g/mol. The first-order valence-corrected chi connectivity index (χ1v) is 6.60. The molecule has 1 aromatic carbocycles. The molecular formula is C15H22N2O. The average molecular weight is 246 g/mol. The maximum atomic E-state index is 12.5. The number of nitrogens with one attached hydrogen (secondary N) is 1. The van der Waals surface area contributed by atoms with Gasteiger partial charge in [-0.3, -0.25) is 4.79 Å². The predicted molar refractivity (Wildman–Crippen MR) is 73.4 cm³/mol. The third kappa shape index (κ3) is 2.72. The van der Waals surface area contributed by atoms with Crippen LogP contribution in [0.3, 0.4) is 0 Å². The van der Waals surface area contributed by atoms with Crippen LogP contribution < -0.4 is 5.32 Å². The van der Waals surface area contributed by atoms with Crippen LogP contribution in [0.1, 0.15) is 18.4 Å². The number of hydrogen-bond acceptors (Lipinski definition) is 2. The summed E-state index contributed by atoms with van der Waals surface area (Å²) in [6, 6.07) is 10.3. The molecule has 1 unspecified atom stereocenters. The van der Waals surface area contributed by atoms with Gasteiger partial charge in [-0.25, -0.2) is 0 Å². The number of amides is 1. The van der Waals surface area contributed by atoms with Gasteiger partial charge in [0.15, 0.2) is 0 Å². The van der Waals surface area contributed by atoms with Crippen molar-refractivity contribution in [3.05, 3.63) is 35.9 Å². The lowest BCUT2D eigenvalue weighted by atomic mass is 9.74. The van der Waals surface area contributed by atoms with Gasteiger partial charge in [-0.05, 0) is 31.4 Å². The van der Waals surface area contributed by atoms with E-state index < -0.39 is 0 Å². The molecule has 1 amide bonds. The Kier molecular flexibility index (Phi) is 4.02. The van der Waals surface area contributed by atoms with Crippen LogP contribution in [0.15, 0.2) is 30.3 Å². The van der Waals surface area contributed by atoms with Crippen LogP contribution in [0, 0.1) is 5.41 Å². The fourth-order valence-electron chi connectivity index (χ4n) is 2.84. The van der Waals surface area contributed by atoms with Crippen molar-refractivity contribution >= 4 is 5.91 Å². The Morgan fingerprint density at radius 1 is 1.33 bits per heavy atom. The van der Waals surface area contributed by atoms with Gasteiger partial charge in [-0.1, -0.05) is 30.3 Å². The van der Waals surface area contributed by atoms with Gasteiger partial charge in [-0.2, -0.15) is 0 Å². The molecule has 1 atom stereocenters. The minimum atomic E-state index is -0.261. The van der Waals surface area contributed by atoms with E-state index in [-0.39, 0.29) is 11.3 Å². The van der Waals surface area contributed by atoms with Crippen molar-refractivity contribution < 1.29 is 4.79 Å². The Labute approximate surface area is 109 Å². The average Bonchev–Trinajstić information content (AvgIpc) is 2.40. The zero-order valence-corrected chi connectivity index (χ0v) is 11.3. The van der Waals surface area contributed by atoms with E-state index in [2.05, 4.69) is 17.4 Å². The van der Waals surface area contributed by atoms with Crippen LogP contribution >= 0.6 is 0 Å². The molecule has 1 N–H and O–H groups in total. The lowest BCUT2D eigenvalue weighted by Crippen LogP contribution is -2.51. The molecule has 1 saturated heterocycles. The smallest absolute Gasteiger partial charge is 0.229 e. The van der Waals surface area contributed by atoms with Gasteiger partial charge in [0, 0.05) is 20.6 Å². The van der Waals surface area contributed by atoms with Crippen LogP contribution in [0.5, 0.6) is 0 Å². The molecule has 1 aromatic rings. The van der Waals surface area contributed by atoms with Gasteiger partial charge in [0.05, 0.1) is 5.41 Å². The molecule has 1 heterocycles. The lowest BCUT2D eigenvalue weighted by molar-refractivity contribution is -0.140. The number of benzene rings is 1. The second kappa shape index (κ2) is 5.53. The Morgan fingerprint density at radius 2 is 2.06 bits per heavy atom. The summed E-state index contributed by atoms with van der Waals surface area (Å²) in [5.74, 6) is 0.249. The van der Waals surface area contributed by atoms with E-state index >= 15 is 0 Å². The van der Waals surface area contributed by atoms with Gasteiger partial charge < -0.3 is 10.2 Å². The molecule has 3 heteroatoms. The van der Waals surface area contributed by atoms with Crippen molar-refractivity contribution in [2.24, 2.45) is 5.41 Å². The van der Waals surface area contributed by atoms with Gasteiger partial charge in [-0.15, -0.1) is 0 Å². The zero-order chi connectivity index (χ0) is 13.0. The number of carbonyl (C=O) groups excluding carboxylic acids is 1. The molecule has 18 heavy (non-hydrogen) atoms. The highest BCUT2D eigenvalue weighted by Crippen LogP contribution is 2.32. The number of nitrogens with zero attached hydrogens (tertiary/aromatic N) is 1. The summed E-state index contributed by atoms with van der Waals surface area (Å²) in [5.41, 5.74) is 0.986. The fourth-order valence-corrected chi connectivity index (χ4v) is 2.84. The molecule has 0 aromatic heterocycles. The standard InChI is InChI=1S/C15H22N2O/c1-17(2)14(18)15(9-6-10-16-12-15)11-13-7-4-3-5-8-13/h3-5,7-8,16H,6,9-12H2,1-2H3. The summed E-state index contributed by atoms with van der Waals surface area (Å²) < 4.78 is 0. The predicted octanol–water partition coefficient (Wildman–Crippen LogP) is 1.69. The molecule has 0 radical (unpaired) electrons. The number of piperidine rings is 1. The first-order chi connectivity index (χ1) is 8.64. The van der Waals surface area contributed by atoms with Crippen LogP contribution in [0.2, 0.25) is 0 Å². The van der Waals surface area contributed by atoms with E-state index in [1.165, 1.54) is 5.56 Å². The molecule has 0 bridgehead atoms. The minimum absolute atomic E-state index is 0.249. The third-order valence-electron chi connectivity index (χ3n) is 3.72. The maximum Gasteiger partial charge on any atom is 0.229 e. The third-order valence-corrected chi connectivity index (χ3v) is 3.72. The molecule has 2 rings (SSSR count). The molecule has 0 saturated carbocycles. The number of hydrogen-bond donors (Lipinski definition) is 1. The molecule has 0 aliphatic carbocycles. The quantitative estimate of drug-likeness (QED) is 0.880. The van der Waals surface area contributed by atoms with E-state index in [9.17, 15) is 4.79 Å². The van der Waals surface area contributed by atoms with E-state index in [4.69, 9.17) is 0 Å². The Hall–Kier alpha value is -1.35. The van der Waals surface area contributed by atoms with Crippen LogP contribution in [0.4, 0.5) is 0 Å². The Morgan fingerprint density at radius 3 is 2.61 bits per heavy atom. The number of carbonyl (C=O) groups is 1. The summed E-state index contributed by atoms with van der Waals surface area (Å²) in [5, 5.41) is 3.38. The molecule has 0 spiro atoms. The van der Waals surface area contributed by atoms with Gasteiger partial charge in [0.2, 0.25) is 5.91 Å². The Balaban J connectivity index is 2.22. The Bertz CT molecular complexity index is 394. The first kappa shape index (κ1) is 13.1. The molecule has 3 nitrogen and oxygen atoms in total. The van der Waals surface area contributed by atoms with Gasteiger partial charge in [0.1, 0.15) is 0 Å². The number of rotatable bonds is 3. The monoisotopic (exact) mass is 246 g/mol. The van der Waals surface area contributed by atoms with E-state index in [1.54, 1.807) is 4.90 Å². The van der Waals surface area contributed by atoms with Crippen LogP contribution in [-0.2, 0) is 11.2 Å². The van der Waals surface area contributed by atoms with E-state index in [0.717, 1.165) is 32.4 Å². The van der Waals surface area contributed by atoms with Crippen LogP contribution in [-0.4, -0.2) is 38.0 Å². The zero-order valence-electron chi connectivity index (χ0n) is 11.3. The highest BCUT2D eigenvalue weighted by Gasteiger charge is 2.40. The summed E-state index contributed by atoms with van der Waals surface area (Å²) >= 11 is 0. The highest BCUT2D eigenvalue weighted by molar-refractivity contribution is 5.83.